The summed E-state index contributed by atoms with van der Waals surface area (Å²) in [5, 5.41) is 3.20. The zero-order valence-electron chi connectivity index (χ0n) is 10.7. The SMILES string of the molecule is CNCc1ccc(-c2ccccc2C(C)C)s1. The molecular weight excluding hydrogens is 226 g/mol. The minimum atomic E-state index is 0.570. The third kappa shape index (κ3) is 2.76. The third-order valence-electron chi connectivity index (χ3n) is 2.86. The van der Waals surface area contributed by atoms with E-state index in [0.717, 1.165) is 6.54 Å². The van der Waals surface area contributed by atoms with Crippen molar-refractivity contribution < 1.29 is 0 Å². The van der Waals surface area contributed by atoms with Crippen LogP contribution < -0.4 is 5.32 Å². The molecule has 0 aliphatic rings. The molecule has 2 heteroatoms. The Morgan fingerprint density at radius 1 is 1.12 bits per heavy atom. The minimum absolute atomic E-state index is 0.570. The van der Waals surface area contributed by atoms with Gasteiger partial charge in [-0.1, -0.05) is 38.1 Å². The van der Waals surface area contributed by atoms with E-state index in [4.69, 9.17) is 0 Å². The van der Waals surface area contributed by atoms with Crippen LogP contribution in [-0.4, -0.2) is 7.05 Å². The summed E-state index contributed by atoms with van der Waals surface area (Å²) >= 11 is 1.88. The highest BCUT2D eigenvalue weighted by molar-refractivity contribution is 7.15. The summed E-state index contributed by atoms with van der Waals surface area (Å²) in [6.07, 6.45) is 0. The molecule has 90 valence electrons. The Morgan fingerprint density at radius 2 is 1.88 bits per heavy atom. The molecule has 0 fully saturated rings. The smallest absolute Gasteiger partial charge is 0.0349 e. The van der Waals surface area contributed by atoms with Gasteiger partial charge in [-0.25, -0.2) is 0 Å². The zero-order valence-corrected chi connectivity index (χ0v) is 11.5. The highest BCUT2D eigenvalue weighted by Gasteiger charge is 2.09. The fourth-order valence-electron chi connectivity index (χ4n) is 2.02. The maximum absolute atomic E-state index is 3.20. The number of rotatable bonds is 4. The summed E-state index contributed by atoms with van der Waals surface area (Å²) in [6, 6.07) is 13.2. The number of hydrogen-bond acceptors (Lipinski definition) is 2. The van der Waals surface area contributed by atoms with Gasteiger partial charge in [-0.05, 0) is 36.2 Å². The average molecular weight is 245 g/mol. The van der Waals surface area contributed by atoms with Gasteiger partial charge >= 0.3 is 0 Å². The molecule has 0 aliphatic heterocycles. The number of hydrogen-bond donors (Lipinski definition) is 1. The summed E-state index contributed by atoms with van der Waals surface area (Å²) in [5.41, 5.74) is 2.82. The molecule has 1 nitrogen and oxygen atoms in total. The molecule has 0 amide bonds. The Balaban J connectivity index is 2.38. The van der Waals surface area contributed by atoms with Crippen molar-refractivity contribution in [3.8, 4) is 10.4 Å². The van der Waals surface area contributed by atoms with Gasteiger partial charge in [-0.3, -0.25) is 0 Å². The Bertz CT molecular complexity index is 485. The van der Waals surface area contributed by atoms with Crippen molar-refractivity contribution >= 4 is 11.3 Å². The normalized spacial score (nSPS) is 11.1. The molecule has 0 bridgehead atoms. The van der Waals surface area contributed by atoms with E-state index in [-0.39, 0.29) is 0 Å². The molecule has 2 aromatic rings. The molecule has 0 radical (unpaired) electrons. The molecule has 1 aromatic carbocycles. The zero-order chi connectivity index (χ0) is 12.3. The summed E-state index contributed by atoms with van der Waals surface area (Å²) < 4.78 is 0. The van der Waals surface area contributed by atoms with E-state index in [9.17, 15) is 0 Å². The monoisotopic (exact) mass is 245 g/mol. The van der Waals surface area contributed by atoms with Crippen LogP contribution >= 0.6 is 11.3 Å². The predicted molar refractivity (Wildman–Crippen MR) is 76.6 cm³/mol. The van der Waals surface area contributed by atoms with Crippen LogP contribution in [0.25, 0.3) is 10.4 Å². The molecule has 2 rings (SSSR count). The van der Waals surface area contributed by atoms with Crippen LogP contribution in [0.4, 0.5) is 0 Å². The second-order valence-electron chi connectivity index (χ2n) is 4.54. The molecule has 0 unspecified atom stereocenters. The summed E-state index contributed by atoms with van der Waals surface area (Å²) in [4.78, 5) is 2.76. The van der Waals surface area contributed by atoms with Gasteiger partial charge < -0.3 is 5.32 Å². The Hall–Kier alpha value is -1.12. The van der Waals surface area contributed by atoms with Crippen molar-refractivity contribution in [1.82, 2.24) is 5.32 Å². The molecule has 0 saturated carbocycles. The first-order valence-corrected chi connectivity index (χ1v) is 6.86. The van der Waals surface area contributed by atoms with Crippen LogP contribution in [0.1, 0.15) is 30.2 Å². The van der Waals surface area contributed by atoms with E-state index in [1.165, 1.54) is 20.9 Å². The van der Waals surface area contributed by atoms with Crippen LogP contribution in [-0.2, 0) is 6.54 Å². The maximum Gasteiger partial charge on any atom is 0.0349 e. The van der Waals surface area contributed by atoms with E-state index in [0.29, 0.717) is 5.92 Å². The van der Waals surface area contributed by atoms with Crippen LogP contribution in [0.15, 0.2) is 36.4 Å². The van der Waals surface area contributed by atoms with Gasteiger partial charge in [-0.15, -0.1) is 11.3 Å². The van der Waals surface area contributed by atoms with Gasteiger partial charge in [0.05, 0.1) is 0 Å². The van der Waals surface area contributed by atoms with E-state index in [1.807, 2.05) is 18.4 Å². The predicted octanol–water partition coefficient (Wildman–Crippen LogP) is 4.26. The quantitative estimate of drug-likeness (QED) is 0.848. The van der Waals surface area contributed by atoms with E-state index in [1.54, 1.807) is 0 Å². The van der Waals surface area contributed by atoms with Crippen LogP contribution in [0.5, 0.6) is 0 Å². The maximum atomic E-state index is 3.20. The molecule has 1 aromatic heterocycles. The van der Waals surface area contributed by atoms with Crippen LogP contribution in [0, 0.1) is 0 Å². The molecule has 17 heavy (non-hydrogen) atoms. The Morgan fingerprint density at radius 3 is 2.59 bits per heavy atom. The summed E-state index contributed by atoms with van der Waals surface area (Å²) in [6.45, 7) is 5.45. The molecule has 0 spiro atoms. The number of thiophene rings is 1. The highest BCUT2D eigenvalue weighted by Crippen LogP contribution is 2.33. The molecule has 1 heterocycles. The fourth-order valence-corrected chi connectivity index (χ4v) is 3.08. The van der Waals surface area contributed by atoms with Gasteiger partial charge in [0.15, 0.2) is 0 Å². The minimum Gasteiger partial charge on any atom is -0.315 e. The topological polar surface area (TPSA) is 12.0 Å². The van der Waals surface area contributed by atoms with Gasteiger partial charge in [0.1, 0.15) is 0 Å². The number of benzene rings is 1. The van der Waals surface area contributed by atoms with Crippen molar-refractivity contribution in [2.45, 2.75) is 26.3 Å². The van der Waals surface area contributed by atoms with Crippen molar-refractivity contribution in [3.05, 3.63) is 46.8 Å². The van der Waals surface area contributed by atoms with E-state index in [2.05, 4.69) is 55.6 Å². The molecular formula is C15H19NS. The largest absolute Gasteiger partial charge is 0.315 e. The van der Waals surface area contributed by atoms with Gasteiger partial charge in [-0.2, -0.15) is 0 Å². The molecule has 0 aliphatic carbocycles. The molecule has 0 atom stereocenters. The van der Waals surface area contributed by atoms with Crippen molar-refractivity contribution in [1.29, 1.82) is 0 Å². The first kappa shape index (κ1) is 12.3. The number of nitrogens with one attached hydrogen (secondary N) is 1. The summed E-state index contributed by atoms with van der Waals surface area (Å²) in [7, 11) is 1.99. The van der Waals surface area contributed by atoms with Crippen molar-refractivity contribution in [3.63, 3.8) is 0 Å². The molecule has 1 N–H and O–H groups in total. The average Bonchev–Trinajstić information content (AvgIpc) is 2.78. The lowest BCUT2D eigenvalue weighted by molar-refractivity contribution is 0.831. The lowest BCUT2D eigenvalue weighted by atomic mass is 9.96. The van der Waals surface area contributed by atoms with Gasteiger partial charge in [0.25, 0.3) is 0 Å². The van der Waals surface area contributed by atoms with Gasteiger partial charge in [0.2, 0.25) is 0 Å². The Labute approximate surface area is 108 Å². The lowest BCUT2D eigenvalue weighted by Crippen LogP contribution is -2.02. The lowest BCUT2D eigenvalue weighted by Gasteiger charge is -2.10. The first-order chi connectivity index (χ1) is 8.22. The second kappa shape index (κ2) is 5.48. The summed E-state index contributed by atoms with van der Waals surface area (Å²) in [5.74, 6) is 0.570. The van der Waals surface area contributed by atoms with Gasteiger partial charge in [0, 0.05) is 16.3 Å². The first-order valence-electron chi connectivity index (χ1n) is 6.05. The van der Waals surface area contributed by atoms with E-state index >= 15 is 0 Å². The highest BCUT2D eigenvalue weighted by atomic mass is 32.1. The Kier molecular flexibility index (Phi) is 3.97. The van der Waals surface area contributed by atoms with Crippen molar-refractivity contribution in [2.24, 2.45) is 0 Å². The third-order valence-corrected chi connectivity index (χ3v) is 3.98. The van der Waals surface area contributed by atoms with Crippen LogP contribution in [0.2, 0.25) is 0 Å². The fraction of sp³-hybridized carbons (Fsp3) is 0.333. The molecule has 0 saturated heterocycles. The standard InChI is InChI=1S/C15H19NS/c1-11(2)13-6-4-5-7-14(13)15-9-8-12(17-15)10-16-3/h4-9,11,16H,10H2,1-3H3. The second-order valence-corrected chi connectivity index (χ2v) is 5.71. The van der Waals surface area contributed by atoms with E-state index < -0.39 is 0 Å². The van der Waals surface area contributed by atoms with Crippen LogP contribution in [0.3, 0.4) is 0 Å². The van der Waals surface area contributed by atoms with Crippen molar-refractivity contribution in [2.75, 3.05) is 7.05 Å².